The highest BCUT2D eigenvalue weighted by Gasteiger charge is 2.26. The molecule has 0 radical (unpaired) electrons. The highest BCUT2D eigenvalue weighted by molar-refractivity contribution is 7.89. The highest BCUT2D eigenvalue weighted by atomic mass is 32.2. The summed E-state index contributed by atoms with van der Waals surface area (Å²) >= 11 is 1.49. The van der Waals surface area contributed by atoms with Crippen LogP contribution in [0, 0.1) is 0 Å². The second-order valence-electron chi connectivity index (χ2n) is 6.73. The van der Waals surface area contributed by atoms with Crippen molar-refractivity contribution >= 4 is 39.3 Å². The lowest BCUT2D eigenvalue weighted by molar-refractivity contribution is -0.129. The molecule has 8 heteroatoms. The summed E-state index contributed by atoms with van der Waals surface area (Å²) in [6, 6.07) is 9.81. The summed E-state index contributed by atoms with van der Waals surface area (Å²) in [6.45, 7) is 5.31. The van der Waals surface area contributed by atoms with Gasteiger partial charge in [0.2, 0.25) is 15.9 Å². The second kappa shape index (κ2) is 6.79. The molecule has 1 aliphatic rings. The van der Waals surface area contributed by atoms with Crippen molar-refractivity contribution in [3.05, 3.63) is 57.9 Å². The predicted molar refractivity (Wildman–Crippen MR) is 101 cm³/mol. The fourth-order valence-corrected chi connectivity index (χ4v) is 4.35. The number of aliphatic imine (C=N–C) groups is 1. The van der Waals surface area contributed by atoms with Gasteiger partial charge in [0, 0.05) is 16.0 Å². The first-order chi connectivity index (χ1) is 12.1. The zero-order valence-corrected chi connectivity index (χ0v) is 16.1. The Balaban J connectivity index is 1.84. The number of hydrogen-bond acceptors (Lipinski definition) is 6. The van der Waals surface area contributed by atoms with Crippen molar-refractivity contribution in [2.75, 3.05) is 0 Å². The van der Waals surface area contributed by atoms with Crippen LogP contribution in [0.2, 0.25) is 0 Å². The normalized spacial score (nSPS) is 16.7. The molecule has 1 aromatic heterocycles. The number of sulfonamides is 1. The van der Waals surface area contributed by atoms with E-state index in [0.717, 1.165) is 4.88 Å². The van der Waals surface area contributed by atoms with E-state index in [1.165, 1.54) is 23.5 Å². The molecular weight excluding hydrogens is 372 g/mol. The number of carbonyl (C=O) groups is 1. The van der Waals surface area contributed by atoms with Gasteiger partial charge in [-0.15, -0.1) is 11.3 Å². The number of benzene rings is 1. The van der Waals surface area contributed by atoms with Crippen molar-refractivity contribution in [1.29, 1.82) is 0 Å². The van der Waals surface area contributed by atoms with Crippen molar-refractivity contribution in [2.45, 2.75) is 31.2 Å². The zero-order chi connectivity index (χ0) is 18.9. The van der Waals surface area contributed by atoms with Crippen LogP contribution in [0.3, 0.4) is 0 Å². The van der Waals surface area contributed by atoms with Gasteiger partial charge in [-0.25, -0.2) is 22.9 Å². The topological polar surface area (TPSA) is 84.8 Å². The summed E-state index contributed by atoms with van der Waals surface area (Å²) in [6.07, 6.45) is 1.66. The third kappa shape index (κ3) is 4.27. The molecule has 0 amide bonds. The minimum Gasteiger partial charge on any atom is -0.402 e. The van der Waals surface area contributed by atoms with Gasteiger partial charge in [-0.05, 0) is 62.6 Å². The van der Waals surface area contributed by atoms with E-state index in [0.29, 0.717) is 5.56 Å². The summed E-state index contributed by atoms with van der Waals surface area (Å²) in [4.78, 5) is 17.2. The molecule has 0 unspecified atom stereocenters. The van der Waals surface area contributed by atoms with Gasteiger partial charge in [0.05, 0.1) is 4.90 Å². The average molecular weight is 390 g/mol. The van der Waals surface area contributed by atoms with Crippen molar-refractivity contribution < 1.29 is 17.9 Å². The van der Waals surface area contributed by atoms with E-state index in [9.17, 15) is 13.2 Å². The second-order valence-corrected chi connectivity index (χ2v) is 9.39. The van der Waals surface area contributed by atoms with E-state index < -0.39 is 21.5 Å². The lowest BCUT2D eigenvalue weighted by Gasteiger charge is -2.20. The van der Waals surface area contributed by atoms with Crippen LogP contribution < -0.4 is 4.72 Å². The van der Waals surface area contributed by atoms with Crippen LogP contribution in [-0.2, 0) is 19.6 Å². The summed E-state index contributed by atoms with van der Waals surface area (Å²) in [5.74, 6) is -0.370. The molecule has 0 aliphatic carbocycles. The Bertz CT molecular complexity index is 981. The number of esters is 1. The van der Waals surface area contributed by atoms with E-state index in [1.807, 2.05) is 17.5 Å². The van der Waals surface area contributed by atoms with Gasteiger partial charge in [0.1, 0.15) is 0 Å². The molecule has 2 aromatic rings. The maximum absolute atomic E-state index is 12.3. The van der Waals surface area contributed by atoms with Crippen molar-refractivity contribution in [3.63, 3.8) is 0 Å². The van der Waals surface area contributed by atoms with Crippen molar-refractivity contribution in [2.24, 2.45) is 4.99 Å². The molecule has 1 aromatic carbocycles. The monoisotopic (exact) mass is 390 g/mol. The van der Waals surface area contributed by atoms with Crippen LogP contribution in [-0.4, -0.2) is 25.8 Å². The predicted octanol–water partition coefficient (Wildman–Crippen LogP) is 3.17. The highest BCUT2D eigenvalue weighted by Crippen LogP contribution is 2.22. The van der Waals surface area contributed by atoms with Gasteiger partial charge < -0.3 is 4.74 Å². The molecule has 0 bridgehead atoms. The number of rotatable bonds is 4. The molecule has 1 aliphatic heterocycles. The lowest BCUT2D eigenvalue weighted by Crippen LogP contribution is -2.40. The quantitative estimate of drug-likeness (QED) is 0.642. The number of carbonyl (C=O) groups excluding carboxylic acids is 1. The summed E-state index contributed by atoms with van der Waals surface area (Å²) in [7, 11) is -3.62. The molecule has 0 atom stereocenters. The van der Waals surface area contributed by atoms with Crippen molar-refractivity contribution in [1.82, 2.24) is 4.72 Å². The molecule has 0 spiro atoms. The number of nitrogens with one attached hydrogen (secondary N) is 1. The molecule has 136 valence electrons. The van der Waals surface area contributed by atoms with Gasteiger partial charge in [-0.1, -0.05) is 6.07 Å². The van der Waals surface area contributed by atoms with Gasteiger partial charge in [-0.3, -0.25) is 0 Å². The summed E-state index contributed by atoms with van der Waals surface area (Å²) in [5.41, 5.74) is 0.167. The Labute approximate surface area is 156 Å². The molecule has 6 nitrogen and oxygen atoms in total. The first-order valence-corrected chi connectivity index (χ1v) is 10.2. The Morgan fingerprint density at radius 2 is 1.85 bits per heavy atom. The number of ether oxygens (including phenoxy) is 1. The summed E-state index contributed by atoms with van der Waals surface area (Å²) in [5, 5.41) is 1.90. The molecule has 1 N–H and O–H groups in total. The van der Waals surface area contributed by atoms with E-state index in [4.69, 9.17) is 4.74 Å². The maximum Gasteiger partial charge on any atom is 0.363 e. The van der Waals surface area contributed by atoms with E-state index in [1.54, 1.807) is 39.0 Å². The largest absolute Gasteiger partial charge is 0.402 e. The maximum atomic E-state index is 12.3. The van der Waals surface area contributed by atoms with Gasteiger partial charge in [0.15, 0.2) is 5.70 Å². The Hall–Kier alpha value is -2.29. The average Bonchev–Trinajstić information content (AvgIpc) is 3.16. The van der Waals surface area contributed by atoms with Gasteiger partial charge in [0.25, 0.3) is 0 Å². The number of hydrogen-bond donors (Lipinski definition) is 1. The zero-order valence-electron chi connectivity index (χ0n) is 14.5. The molecule has 26 heavy (non-hydrogen) atoms. The Kier molecular flexibility index (Phi) is 4.83. The van der Waals surface area contributed by atoms with Crippen LogP contribution in [0.4, 0.5) is 0 Å². The third-order valence-electron chi connectivity index (χ3n) is 3.29. The van der Waals surface area contributed by atoms with Gasteiger partial charge >= 0.3 is 5.97 Å². The molecule has 0 fully saturated rings. The van der Waals surface area contributed by atoms with E-state index in [2.05, 4.69) is 9.71 Å². The SMILES string of the molecule is CC(C)(C)NS(=O)(=O)c1ccc(C2=NC(=Cc3cccs3)C(=O)O2)cc1. The molecule has 0 saturated heterocycles. The van der Waals surface area contributed by atoms with Crippen LogP contribution in [0.15, 0.2) is 57.4 Å². The fourth-order valence-electron chi connectivity index (χ4n) is 2.28. The molecule has 3 rings (SSSR count). The molecule has 0 saturated carbocycles. The van der Waals surface area contributed by atoms with E-state index in [-0.39, 0.29) is 16.5 Å². The summed E-state index contributed by atoms with van der Waals surface area (Å²) < 4.78 is 32.4. The van der Waals surface area contributed by atoms with Crippen LogP contribution in [0.25, 0.3) is 6.08 Å². The minimum absolute atomic E-state index is 0.135. The smallest absolute Gasteiger partial charge is 0.363 e. The van der Waals surface area contributed by atoms with Crippen LogP contribution in [0.1, 0.15) is 31.2 Å². The van der Waals surface area contributed by atoms with Gasteiger partial charge in [-0.2, -0.15) is 0 Å². The Morgan fingerprint density at radius 1 is 1.15 bits per heavy atom. The fraction of sp³-hybridized carbons (Fsp3) is 0.222. The van der Waals surface area contributed by atoms with Crippen molar-refractivity contribution in [3.8, 4) is 0 Å². The first kappa shape index (κ1) is 18.5. The van der Waals surface area contributed by atoms with E-state index >= 15 is 0 Å². The molecule has 2 heterocycles. The van der Waals surface area contributed by atoms with Crippen LogP contribution >= 0.6 is 11.3 Å². The number of thiophene rings is 1. The van der Waals surface area contributed by atoms with Crippen LogP contribution in [0.5, 0.6) is 0 Å². The first-order valence-electron chi connectivity index (χ1n) is 7.85. The Morgan fingerprint density at radius 3 is 2.42 bits per heavy atom. The minimum atomic E-state index is -3.62. The standard InChI is InChI=1S/C18H18N2O4S2/c1-18(2,3)20-26(22,23)14-8-6-12(7-9-14)16-19-15(17(21)24-16)11-13-5-4-10-25-13/h4-11,20H,1-3H3. The number of cyclic esters (lactones) is 1. The number of nitrogens with zero attached hydrogens (tertiary/aromatic N) is 1. The lowest BCUT2D eigenvalue weighted by atomic mass is 10.1. The third-order valence-corrected chi connectivity index (χ3v) is 5.89. The molecular formula is C18H18N2O4S2.